The van der Waals surface area contributed by atoms with Crippen molar-refractivity contribution in [1.29, 1.82) is 0 Å². The van der Waals surface area contributed by atoms with Gasteiger partial charge in [-0.15, -0.1) is 0 Å². The fourth-order valence-electron chi connectivity index (χ4n) is 6.40. The summed E-state index contributed by atoms with van der Waals surface area (Å²) >= 11 is 0. The van der Waals surface area contributed by atoms with E-state index < -0.39 is 0 Å². The highest BCUT2D eigenvalue weighted by Gasteiger charge is 2.28. The Morgan fingerprint density at radius 3 is 2.41 bits per heavy atom. The van der Waals surface area contributed by atoms with Crippen molar-refractivity contribution in [2.24, 2.45) is 0 Å². The minimum absolute atomic E-state index is 1.07. The van der Waals surface area contributed by atoms with Crippen LogP contribution in [0.15, 0.2) is 54.7 Å². The van der Waals surface area contributed by atoms with Gasteiger partial charge in [0, 0.05) is 35.1 Å². The lowest BCUT2D eigenvalue weighted by Gasteiger charge is -2.38. The standard InChI is InChI=1S/C29H27N3/c1-18-8-5-9-19(2)26(18)25-17-30-29-22-12-4-3-11-21(22)27-23-13-7-15-31-14-6-10-20(28(23)31)16-24(27)32(25)29/h3-5,8-9,11-12,16-17H,6-7,10,13-15H2,1-2H3. The summed E-state index contributed by atoms with van der Waals surface area (Å²) in [5.41, 5.74) is 12.1. The fourth-order valence-corrected chi connectivity index (χ4v) is 6.40. The first-order valence-corrected chi connectivity index (χ1v) is 11.9. The molecule has 2 aromatic heterocycles. The molecule has 0 saturated heterocycles. The van der Waals surface area contributed by atoms with Crippen LogP contribution in [0.3, 0.4) is 0 Å². The number of rotatable bonds is 1. The molecule has 0 N–H and O–H groups in total. The van der Waals surface area contributed by atoms with Gasteiger partial charge < -0.3 is 4.90 Å². The number of benzene rings is 3. The average Bonchev–Trinajstić information content (AvgIpc) is 3.25. The summed E-state index contributed by atoms with van der Waals surface area (Å²) < 4.78 is 2.46. The van der Waals surface area contributed by atoms with E-state index in [0.29, 0.717) is 0 Å². The van der Waals surface area contributed by atoms with Crippen molar-refractivity contribution in [2.45, 2.75) is 39.5 Å². The first-order valence-electron chi connectivity index (χ1n) is 11.9. The second kappa shape index (κ2) is 6.59. The van der Waals surface area contributed by atoms with Crippen LogP contribution < -0.4 is 4.90 Å². The number of hydrogen-bond donors (Lipinski definition) is 0. The van der Waals surface area contributed by atoms with Crippen molar-refractivity contribution in [2.75, 3.05) is 18.0 Å². The Bertz CT molecular complexity index is 1530. The Labute approximate surface area is 188 Å². The normalized spacial score (nSPS) is 15.6. The zero-order valence-corrected chi connectivity index (χ0v) is 18.8. The summed E-state index contributed by atoms with van der Waals surface area (Å²) in [6, 6.07) is 18.0. The second-order valence-electron chi connectivity index (χ2n) is 9.57. The maximum Gasteiger partial charge on any atom is 0.145 e. The highest BCUT2D eigenvalue weighted by atomic mass is 15.1. The molecular weight excluding hydrogens is 390 g/mol. The van der Waals surface area contributed by atoms with E-state index in [4.69, 9.17) is 4.98 Å². The maximum absolute atomic E-state index is 5.00. The number of fused-ring (bicyclic) bond motifs is 7. The number of nitrogens with zero attached hydrogens (tertiary/aromatic N) is 3. The Kier molecular flexibility index (Phi) is 3.76. The lowest BCUT2D eigenvalue weighted by Crippen LogP contribution is -2.34. The molecule has 0 radical (unpaired) electrons. The van der Waals surface area contributed by atoms with E-state index in [-0.39, 0.29) is 0 Å². The zero-order chi connectivity index (χ0) is 21.4. The SMILES string of the molecule is Cc1cccc(C)c1-c1cnc2c3ccccc3c3c4c5c(cc3n12)CCCN5CCC4. The third-order valence-electron chi connectivity index (χ3n) is 7.68. The predicted molar refractivity (Wildman–Crippen MR) is 134 cm³/mol. The van der Waals surface area contributed by atoms with Crippen LogP contribution in [0.4, 0.5) is 5.69 Å². The van der Waals surface area contributed by atoms with Crippen LogP contribution in [0.25, 0.3) is 38.6 Å². The summed E-state index contributed by atoms with van der Waals surface area (Å²) in [4.78, 5) is 7.65. The minimum atomic E-state index is 1.07. The Morgan fingerprint density at radius 1 is 0.844 bits per heavy atom. The molecule has 0 unspecified atom stereocenters. The van der Waals surface area contributed by atoms with E-state index in [2.05, 4.69) is 77.9 Å². The van der Waals surface area contributed by atoms with E-state index in [1.54, 1.807) is 5.56 Å². The predicted octanol–water partition coefficient (Wildman–Crippen LogP) is 6.62. The molecule has 32 heavy (non-hydrogen) atoms. The molecule has 3 nitrogen and oxygen atoms in total. The van der Waals surface area contributed by atoms with Gasteiger partial charge in [0.25, 0.3) is 0 Å². The fraction of sp³-hybridized carbons (Fsp3) is 0.276. The maximum atomic E-state index is 5.00. The number of aryl methyl sites for hydroxylation is 4. The monoisotopic (exact) mass is 417 g/mol. The molecule has 0 saturated carbocycles. The molecular formula is C29H27N3. The van der Waals surface area contributed by atoms with Crippen molar-refractivity contribution in [1.82, 2.24) is 9.38 Å². The topological polar surface area (TPSA) is 20.5 Å². The zero-order valence-electron chi connectivity index (χ0n) is 18.8. The van der Waals surface area contributed by atoms with Gasteiger partial charge in [-0.05, 0) is 73.2 Å². The van der Waals surface area contributed by atoms with E-state index in [1.807, 2.05) is 0 Å². The van der Waals surface area contributed by atoms with Crippen LogP contribution in [-0.4, -0.2) is 22.5 Å². The highest BCUT2D eigenvalue weighted by Crippen LogP contribution is 2.44. The Hall–Kier alpha value is -3.33. The largest absolute Gasteiger partial charge is 0.371 e. The molecule has 5 aromatic rings. The van der Waals surface area contributed by atoms with Crippen molar-refractivity contribution in [3.05, 3.63) is 77.0 Å². The molecule has 4 heterocycles. The molecule has 158 valence electrons. The van der Waals surface area contributed by atoms with E-state index >= 15 is 0 Å². The molecule has 2 aliphatic rings. The molecule has 0 aliphatic carbocycles. The highest BCUT2D eigenvalue weighted by molar-refractivity contribution is 6.15. The van der Waals surface area contributed by atoms with Gasteiger partial charge in [0.05, 0.1) is 17.4 Å². The summed E-state index contributed by atoms with van der Waals surface area (Å²) in [5.74, 6) is 0. The van der Waals surface area contributed by atoms with Crippen molar-refractivity contribution >= 4 is 33.0 Å². The third-order valence-corrected chi connectivity index (χ3v) is 7.68. The Balaban J connectivity index is 1.73. The van der Waals surface area contributed by atoms with Crippen LogP contribution in [0.1, 0.15) is 35.1 Å². The number of imidazole rings is 1. The van der Waals surface area contributed by atoms with Crippen LogP contribution in [0.5, 0.6) is 0 Å². The number of anilines is 1. The minimum Gasteiger partial charge on any atom is -0.371 e. The summed E-state index contributed by atoms with van der Waals surface area (Å²) in [7, 11) is 0. The molecule has 3 heteroatoms. The summed E-state index contributed by atoms with van der Waals surface area (Å²) in [6.07, 6.45) is 6.93. The van der Waals surface area contributed by atoms with Gasteiger partial charge in [-0.2, -0.15) is 0 Å². The molecule has 0 atom stereocenters. The van der Waals surface area contributed by atoms with Gasteiger partial charge in [0.1, 0.15) is 5.65 Å². The van der Waals surface area contributed by atoms with E-state index in [0.717, 1.165) is 5.65 Å². The molecule has 0 bridgehead atoms. The van der Waals surface area contributed by atoms with Crippen LogP contribution in [0.2, 0.25) is 0 Å². The van der Waals surface area contributed by atoms with Gasteiger partial charge in [-0.3, -0.25) is 4.40 Å². The van der Waals surface area contributed by atoms with Crippen molar-refractivity contribution in [3.8, 4) is 11.3 Å². The average molecular weight is 418 g/mol. The van der Waals surface area contributed by atoms with Crippen LogP contribution in [0, 0.1) is 13.8 Å². The van der Waals surface area contributed by atoms with Gasteiger partial charge in [0.15, 0.2) is 0 Å². The van der Waals surface area contributed by atoms with Gasteiger partial charge >= 0.3 is 0 Å². The molecule has 2 aliphatic heterocycles. The smallest absolute Gasteiger partial charge is 0.145 e. The molecule has 0 fully saturated rings. The quantitative estimate of drug-likeness (QED) is 0.286. The van der Waals surface area contributed by atoms with Crippen LogP contribution in [-0.2, 0) is 12.8 Å². The van der Waals surface area contributed by atoms with Crippen LogP contribution >= 0.6 is 0 Å². The van der Waals surface area contributed by atoms with Crippen molar-refractivity contribution < 1.29 is 0 Å². The molecule has 7 rings (SSSR count). The van der Waals surface area contributed by atoms with E-state index in [9.17, 15) is 0 Å². The number of hydrogen-bond acceptors (Lipinski definition) is 2. The lowest BCUT2D eigenvalue weighted by molar-refractivity contribution is 0.637. The summed E-state index contributed by atoms with van der Waals surface area (Å²) in [5, 5.41) is 4.03. The van der Waals surface area contributed by atoms with E-state index in [1.165, 1.54) is 94.1 Å². The second-order valence-corrected chi connectivity index (χ2v) is 9.57. The van der Waals surface area contributed by atoms with Gasteiger partial charge in [0.2, 0.25) is 0 Å². The Morgan fingerprint density at radius 2 is 1.59 bits per heavy atom. The molecule has 0 spiro atoms. The molecule has 0 amide bonds. The van der Waals surface area contributed by atoms with Gasteiger partial charge in [-0.1, -0.05) is 42.5 Å². The van der Waals surface area contributed by atoms with Crippen molar-refractivity contribution in [3.63, 3.8) is 0 Å². The third kappa shape index (κ3) is 2.34. The summed E-state index contributed by atoms with van der Waals surface area (Å²) in [6.45, 7) is 6.83. The molecule has 3 aromatic carbocycles. The first-order chi connectivity index (χ1) is 15.7. The number of pyridine rings is 1. The first kappa shape index (κ1) is 18.3. The lowest BCUT2D eigenvalue weighted by atomic mass is 9.87. The van der Waals surface area contributed by atoms with Gasteiger partial charge in [-0.25, -0.2) is 4.98 Å². The number of aromatic nitrogens is 2.